The van der Waals surface area contributed by atoms with Crippen LogP contribution in [0.5, 0.6) is 0 Å². The highest BCUT2D eigenvalue weighted by atomic mass is 15.2. The molecule has 0 unspecified atom stereocenters. The Morgan fingerprint density at radius 3 is 1.23 bits per heavy atom. The molecule has 0 atom stereocenters. The van der Waals surface area contributed by atoms with Crippen LogP contribution in [0.4, 0.5) is 34.1 Å². The van der Waals surface area contributed by atoms with Crippen LogP contribution < -0.4 is 9.80 Å². The molecule has 0 radical (unpaired) electrons. The minimum absolute atomic E-state index is 1.11. The number of anilines is 6. The Labute approximate surface area is 328 Å². The molecular weight excluding hydrogens is 677 g/mol. The molecule has 0 fully saturated rings. The van der Waals surface area contributed by atoms with E-state index in [2.05, 4.69) is 230 Å². The number of hydrogen-bond donors (Lipinski definition) is 0. The maximum Gasteiger partial charge on any atom is 0.0540 e. The van der Waals surface area contributed by atoms with Gasteiger partial charge in [-0.2, -0.15) is 0 Å². The Balaban J connectivity index is 1.07. The number of nitrogens with zero attached hydrogens (tertiary/aromatic N) is 2. The molecule has 2 nitrogen and oxygen atoms in total. The molecule has 56 heavy (non-hydrogen) atoms. The Kier molecular flexibility index (Phi) is 8.30. The van der Waals surface area contributed by atoms with Crippen molar-refractivity contribution in [3.8, 4) is 11.1 Å². The standard InChI is InChI=1S/C54H40N2/c1-37-24-34-49-43(36-37)16-11-23-53(49)55(51-21-9-14-41-12-3-5-18-47(41)51)44-30-26-39(27-31-44)40-28-32-45(33-29-40)56(52-22-10-15-42-13-4-6-19-48(42)52)54-35-25-38(2)46-17-7-8-20-50(46)54/h3-36H,1-2H3. The van der Waals surface area contributed by atoms with Gasteiger partial charge in [-0.05, 0) is 101 Å². The van der Waals surface area contributed by atoms with E-state index in [9.17, 15) is 0 Å². The number of rotatable bonds is 7. The zero-order valence-corrected chi connectivity index (χ0v) is 31.5. The molecule has 0 saturated heterocycles. The van der Waals surface area contributed by atoms with Crippen molar-refractivity contribution in [2.45, 2.75) is 13.8 Å². The van der Waals surface area contributed by atoms with E-state index in [0.717, 1.165) is 34.1 Å². The largest absolute Gasteiger partial charge is 0.309 e. The smallest absolute Gasteiger partial charge is 0.0540 e. The summed E-state index contributed by atoms with van der Waals surface area (Å²) in [6, 6.07) is 75.2. The normalized spacial score (nSPS) is 11.4. The maximum absolute atomic E-state index is 2.42. The van der Waals surface area contributed by atoms with Gasteiger partial charge in [0.1, 0.15) is 0 Å². The van der Waals surface area contributed by atoms with Gasteiger partial charge in [-0.3, -0.25) is 0 Å². The number of benzene rings is 10. The van der Waals surface area contributed by atoms with Crippen molar-refractivity contribution in [1.29, 1.82) is 0 Å². The van der Waals surface area contributed by atoms with Crippen LogP contribution in [0.2, 0.25) is 0 Å². The van der Waals surface area contributed by atoms with E-state index in [1.54, 1.807) is 0 Å². The topological polar surface area (TPSA) is 6.48 Å². The molecule has 0 spiro atoms. The lowest BCUT2D eigenvalue weighted by Crippen LogP contribution is -2.11. The average Bonchev–Trinajstić information content (AvgIpc) is 3.25. The van der Waals surface area contributed by atoms with E-state index in [0.29, 0.717) is 0 Å². The van der Waals surface area contributed by atoms with Gasteiger partial charge in [-0.25, -0.2) is 0 Å². The number of fused-ring (bicyclic) bond motifs is 4. The van der Waals surface area contributed by atoms with Crippen molar-refractivity contribution in [3.05, 3.63) is 217 Å². The highest BCUT2D eigenvalue weighted by Gasteiger charge is 2.20. The summed E-state index contributed by atoms with van der Waals surface area (Å²) in [6.45, 7) is 4.35. The first-order chi connectivity index (χ1) is 27.6. The summed E-state index contributed by atoms with van der Waals surface area (Å²) < 4.78 is 0. The van der Waals surface area contributed by atoms with Gasteiger partial charge >= 0.3 is 0 Å². The molecule has 0 heterocycles. The quantitative estimate of drug-likeness (QED) is 0.162. The first-order valence-electron chi connectivity index (χ1n) is 19.3. The monoisotopic (exact) mass is 716 g/mol. The summed E-state index contributed by atoms with van der Waals surface area (Å²) in [6.07, 6.45) is 0. The maximum atomic E-state index is 2.42. The van der Waals surface area contributed by atoms with E-state index in [-0.39, 0.29) is 0 Å². The molecule has 0 aliphatic carbocycles. The van der Waals surface area contributed by atoms with E-state index in [4.69, 9.17) is 0 Å². The van der Waals surface area contributed by atoms with Crippen LogP contribution in [0, 0.1) is 13.8 Å². The Bertz CT molecular complexity index is 3040. The zero-order valence-electron chi connectivity index (χ0n) is 31.5. The number of aryl methyl sites for hydroxylation is 2. The average molecular weight is 717 g/mol. The predicted molar refractivity (Wildman–Crippen MR) is 241 cm³/mol. The van der Waals surface area contributed by atoms with Gasteiger partial charge in [-0.15, -0.1) is 0 Å². The van der Waals surface area contributed by atoms with Gasteiger partial charge in [0.15, 0.2) is 0 Å². The third-order valence-electron chi connectivity index (χ3n) is 11.2. The Hall–Kier alpha value is -7.16. The van der Waals surface area contributed by atoms with Crippen LogP contribution in [0.3, 0.4) is 0 Å². The van der Waals surface area contributed by atoms with Gasteiger partial charge in [0, 0.05) is 32.9 Å². The lowest BCUT2D eigenvalue weighted by molar-refractivity contribution is 1.30. The molecule has 10 aromatic carbocycles. The molecule has 0 amide bonds. The summed E-state index contributed by atoms with van der Waals surface area (Å²) in [5.74, 6) is 0. The molecule has 0 saturated carbocycles. The second kappa shape index (κ2) is 13.9. The predicted octanol–water partition coefficient (Wildman–Crippen LogP) is 15.5. The molecule has 0 aliphatic rings. The molecule has 266 valence electrons. The van der Waals surface area contributed by atoms with Crippen molar-refractivity contribution in [2.24, 2.45) is 0 Å². The van der Waals surface area contributed by atoms with Crippen molar-refractivity contribution >= 4 is 77.2 Å². The molecule has 10 rings (SSSR count). The van der Waals surface area contributed by atoms with Crippen molar-refractivity contribution in [3.63, 3.8) is 0 Å². The summed E-state index contributed by atoms with van der Waals surface area (Å²) in [5, 5.41) is 9.84. The molecule has 10 aromatic rings. The van der Waals surface area contributed by atoms with Gasteiger partial charge < -0.3 is 9.80 Å². The van der Waals surface area contributed by atoms with Gasteiger partial charge in [0.05, 0.1) is 22.7 Å². The molecular formula is C54H40N2. The lowest BCUT2D eigenvalue weighted by Gasteiger charge is -2.29. The van der Waals surface area contributed by atoms with Crippen molar-refractivity contribution in [2.75, 3.05) is 9.80 Å². The van der Waals surface area contributed by atoms with E-state index < -0.39 is 0 Å². The minimum atomic E-state index is 1.11. The van der Waals surface area contributed by atoms with Crippen LogP contribution in [-0.4, -0.2) is 0 Å². The third kappa shape index (κ3) is 5.84. The molecule has 0 aliphatic heterocycles. The fraction of sp³-hybridized carbons (Fsp3) is 0.0370. The minimum Gasteiger partial charge on any atom is -0.309 e. The van der Waals surface area contributed by atoms with Crippen LogP contribution in [0.25, 0.3) is 54.2 Å². The lowest BCUT2D eigenvalue weighted by atomic mass is 10.00. The van der Waals surface area contributed by atoms with Gasteiger partial charge in [-0.1, -0.05) is 163 Å². The van der Waals surface area contributed by atoms with E-state index in [1.807, 2.05) is 0 Å². The second-order valence-corrected chi connectivity index (χ2v) is 14.7. The van der Waals surface area contributed by atoms with Crippen LogP contribution in [0.15, 0.2) is 206 Å². The van der Waals surface area contributed by atoms with E-state index in [1.165, 1.54) is 65.3 Å². The molecule has 2 heteroatoms. The first-order valence-corrected chi connectivity index (χ1v) is 19.3. The van der Waals surface area contributed by atoms with Crippen LogP contribution in [-0.2, 0) is 0 Å². The highest BCUT2D eigenvalue weighted by Crippen LogP contribution is 2.45. The Morgan fingerprint density at radius 2 is 0.696 bits per heavy atom. The summed E-state index contributed by atoms with van der Waals surface area (Å²) in [5.41, 5.74) is 11.7. The summed E-state index contributed by atoms with van der Waals surface area (Å²) in [7, 11) is 0. The van der Waals surface area contributed by atoms with Gasteiger partial charge in [0.2, 0.25) is 0 Å². The van der Waals surface area contributed by atoms with Crippen molar-refractivity contribution in [1.82, 2.24) is 0 Å². The molecule has 0 N–H and O–H groups in total. The van der Waals surface area contributed by atoms with Crippen molar-refractivity contribution < 1.29 is 0 Å². The molecule has 0 aromatic heterocycles. The van der Waals surface area contributed by atoms with Crippen LogP contribution in [0.1, 0.15) is 11.1 Å². The SMILES string of the molecule is Cc1ccc2c(N(c3ccc(-c4ccc(N(c5cccc6ccccc56)c5ccc(C)c6ccccc56)cc4)cc3)c3cccc4ccccc34)cccc2c1. The van der Waals surface area contributed by atoms with Gasteiger partial charge in [0.25, 0.3) is 0 Å². The summed E-state index contributed by atoms with van der Waals surface area (Å²) in [4.78, 5) is 4.84. The molecule has 0 bridgehead atoms. The van der Waals surface area contributed by atoms with Crippen LogP contribution >= 0.6 is 0 Å². The third-order valence-corrected chi connectivity index (χ3v) is 11.2. The number of hydrogen-bond acceptors (Lipinski definition) is 2. The zero-order chi connectivity index (χ0) is 37.6. The fourth-order valence-corrected chi connectivity index (χ4v) is 8.44. The first kappa shape index (κ1) is 33.4. The highest BCUT2D eigenvalue weighted by molar-refractivity contribution is 6.07. The second-order valence-electron chi connectivity index (χ2n) is 14.7. The van der Waals surface area contributed by atoms with E-state index >= 15 is 0 Å². The Morgan fingerprint density at radius 1 is 0.286 bits per heavy atom. The summed E-state index contributed by atoms with van der Waals surface area (Å²) >= 11 is 0. The fourth-order valence-electron chi connectivity index (χ4n) is 8.44.